The minimum absolute atomic E-state index is 0.0395. The number of ether oxygens (including phenoxy) is 1. The van der Waals surface area contributed by atoms with Crippen LogP contribution < -0.4 is 4.74 Å². The minimum atomic E-state index is -3.68. The molecule has 2 amide bonds. The van der Waals surface area contributed by atoms with E-state index in [0.717, 1.165) is 50.9 Å². The zero-order valence-corrected chi connectivity index (χ0v) is 24.4. The van der Waals surface area contributed by atoms with E-state index >= 15 is 0 Å². The number of hydrogen-bond donors (Lipinski definition) is 0. The molecule has 214 valence electrons. The third-order valence-corrected chi connectivity index (χ3v) is 13.3. The number of carbonyl (C=O) groups excluding carboxylic acids is 2. The number of hydrogen-bond acceptors (Lipinski definition) is 6. The van der Waals surface area contributed by atoms with Crippen molar-refractivity contribution >= 4 is 21.8 Å². The van der Waals surface area contributed by atoms with Crippen molar-refractivity contribution in [3.63, 3.8) is 0 Å². The first-order valence-electron chi connectivity index (χ1n) is 14.9. The van der Waals surface area contributed by atoms with Gasteiger partial charge in [0.1, 0.15) is 5.75 Å². The molecule has 9 heteroatoms. The molecule has 1 aromatic rings. The van der Waals surface area contributed by atoms with Gasteiger partial charge >= 0.3 is 0 Å². The number of sulfonamides is 1. The molecule has 4 aliphatic heterocycles. The lowest BCUT2D eigenvalue weighted by Crippen LogP contribution is -2.61. The Morgan fingerprint density at radius 2 is 1.87 bits per heavy atom. The Labute approximate surface area is 233 Å². The molecule has 1 aliphatic carbocycles. The lowest BCUT2D eigenvalue weighted by Gasteiger charge is -2.53. The predicted octanol–water partition coefficient (Wildman–Crippen LogP) is 3.89. The number of fused-ring (bicyclic) bond motifs is 4. The second-order valence-corrected chi connectivity index (χ2v) is 14.8. The summed E-state index contributed by atoms with van der Waals surface area (Å²) in [5.74, 6) is 0.800. The van der Waals surface area contributed by atoms with Crippen molar-refractivity contribution in [2.75, 3.05) is 26.7 Å². The van der Waals surface area contributed by atoms with Crippen LogP contribution in [0.25, 0.3) is 0 Å². The molecule has 5 aliphatic rings. The molecule has 4 fully saturated rings. The van der Waals surface area contributed by atoms with Crippen LogP contribution in [-0.4, -0.2) is 78.4 Å². The van der Waals surface area contributed by atoms with E-state index in [-0.39, 0.29) is 42.8 Å². The van der Waals surface area contributed by atoms with Gasteiger partial charge < -0.3 is 4.74 Å². The van der Waals surface area contributed by atoms with Crippen LogP contribution in [-0.2, 0) is 26.0 Å². The van der Waals surface area contributed by atoms with Gasteiger partial charge in [0.15, 0.2) is 0 Å². The van der Waals surface area contributed by atoms with Gasteiger partial charge in [0.2, 0.25) is 21.8 Å². The van der Waals surface area contributed by atoms with E-state index in [1.165, 1.54) is 16.0 Å². The highest BCUT2D eigenvalue weighted by molar-refractivity contribution is 7.89. The van der Waals surface area contributed by atoms with Crippen molar-refractivity contribution in [3.8, 4) is 5.75 Å². The van der Waals surface area contributed by atoms with Crippen molar-refractivity contribution in [1.29, 1.82) is 0 Å². The maximum atomic E-state index is 14.5. The summed E-state index contributed by atoms with van der Waals surface area (Å²) in [6, 6.07) is 6.34. The van der Waals surface area contributed by atoms with E-state index in [1.54, 1.807) is 7.11 Å². The van der Waals surface area contributed by atoms with Crippen molar-refractivity contribution in [3.05, 3.63) is 29.3 Å². The molecule has 1 aromatic carbocycles. The summed E-state index contributed by atoms with van der Waals surface area (Å²) in [6.07, 6.45) is 6.66. The van der Waals surface area contributed by atoms with Crippen LogP contribution in [0.3, 0.4) is 0 Å². The average molecular weight is 558 g/mol. The Morgan fingerprint density at radius 3 is 2.59 bits per heavy atom. The standard InChI is InChI=1S/C30H43N3O5S/c1-4-20(2)33-28(34)17-30(18-29(33)35)12-5-8-27(30)39(36,37)32-13-6-7-22-19-31-14-11-21-15-23(38-3)9-10-24(21)26(31)16-25(22)32/h9-10,15,20,22,25-27H,4-8,11-14,16-19H2,1-3H3/t20?,22-,25+,26+,27?/m1/s1. The maximum absolute atomic E-state index is 14.5. The zero-order chi connectivity index (χ0) is 27.5. The van der Waals surface area contributed by atoms with Crippen LogP contribution in [0.15, 0.2) is 18.2 Å². The normalized spacial score (nSPS) is 32.0. The quantitative estimate of drug-likeness (QED) is 0.511. The number of amides is 2. The van der Waals surface area contributed by atoms with Gasteiger partial charge in [0, 0.05) is 56.0 Å². The van der Waals surface area contributed by atoms with Crippen molar-refractivity contribution < 1.29 is 22.7 Å². The molecule has 8 nitrogen and oxygen atoms in total. The molecule has 0 N–H and O–H groups in total. The van der Waals surface area contributed by atoms with Gasteiger partial charge in [-0.3, -0.25) is 19.4 Å². The summed E-state index contributed by atoms with van der Waals surface area (Å²) >= 11 is 0. The monoisotopic (exact) mass is 557 g/mol. The van der Waals surface area contributed by atoms with E-state index in [9.17, 15) is 18.0 Å². The van der Waals surface area contributed by atoms with E-state index in [4.69, 9.17) is 4.74 Å². The molecule has 1 spiro atoms. The fraction of sp³-hybridized carbons (Fsp3) is 0.733. The van der Waals surface area contributed by atoms with Gasteiger partial charge in [-0.05, 0) is 81.0 Å². The van der Waals surface area contributed by atoms with Crippen molar-refractivity contribution in [1.82, 2.24) is 14.1 Å². The Bertz CT molecular complexity index is 1230. The van der Waals surface area contributed by atoms with Crippen molar-refractivity contribution in [2.24, 2.45) is 11.3 Å². The Morgan fingerprint density at radius 1 is 1.10 bits per heavy atom. The second kappa shape index (κ2) is 10.1. The van der Waals surface area contributed by atoms with E-state index in [0.29, 0.717) is 31.7 Å². The second-order valence-electron chi connectivity index (χ2n) is 12.7. The van der Waals surface area contributed by atoms with Crippen LogP contribution in [0, 0.1) is 11.3 Å². The SMILES string of the molecule is CCC(C)N1C(=O)CC2(CCCC2S(=O)(=O)N2CCC[C@@H]3CN4CCc5cc(OC)ccc5[C@@H]4C[C@@H]32)CC1=O. The summed E-state index contributed by atoms with van der Waals surface area (Å²) in [6.45, 7) is 6.32. The maximum Gasteiger partial charge on any atom is 0.230 e. The minimum Gasteiger partial charge on any atom is -0.497 e. The molecular weight excluding hydrogens is 514 g/mol. The average Bonchev–Trinajstić information content (AvgIpc) is 3.33. The summed E-state index contributed by atoms with van der Waals surface area (Å²) in [5, 5.41) is -0.656. The molecule has 4 heterocycles. The predicted molar refractivity (Wildman–Crippen MR) is 149 cm³/mol. The first-order valence-corrected chi connectivity index (χ1v) is 16.4. The third kappa shape index (κ3) is 4.43. The molecule has 6 rings (SSSR count). The number of rotatable bonds is 5. The Kier molecular flexibility index (Phi) is 7.08. The molecule has 3 saturated heterocycles. The summed E-state index contributed by atoms with van der Waals surface area (Å²) in [5.41, 5.74) is 1.84. The Balaban J connectivity index is 1.28. The lowest BCUT2D eigenvalue weighted by atomic mass is 9.75. The summed E-state index contributed by atoms with van der Waals surface area (Å²) < 4.78 is 36.4. The van der Waals surface area contributed by atoms with Crippen LogP contribution in [0.1, 0.15) is 88.8 Å². The first kappa shape index (κ1) is 27.2. The Hall–Kier alpha value is -1.97. The summed E-state index contributed by atoms with van der Waals surface area (Å²) in [4.78, 5) is 30.4. The topological polar surface area (TPSA) is 87.2 Å². The van der Waals surface area contributed by atoms with Crippen LogP contribution in [0.2, 0.25) is 0 Å². The number of methoxy groups -OCH3 is 1. The molecule has 0 bridgehead atoms. The highest BCUT2D eigenvalue weighted by Crippen LogP contribution is 2.53. The highest BCUT2D eigenvalue weighted by Gasteiger charge is 2.58. The fourth-order valence-corrected chi connectivity index (χ4v) is 11.3. The van der Waals surface area contributed by atoms with Gasteiger partial charge in [0.25, 0.3) is 0 Å². The molecule has 0 radical (unpaired) electrons. The van der Waals surface area contributed by atoms with Crippen LogP contribution >= 0.6 is 0 Å². The molecule has 1 saturated carbocycles. The van der Waals surface area contributed by atoms with Crippen LogP contribution in [0.4, 0.5) is 0 Å². The first-order chi connectivity index (χ1) is 18.7. The van der Waals surface area contributed by atoms with Crippen molar-refractivity contribution in [2.45, 2.75) is 101 Å². The summed E-state index contributed by atoms with van der Waals surface area (Å²) in [7, 11) is -1.99. The van der Waals surface area contributed by atoms with Gasteiger partial charge in [-0.2, -0.15) is 4.31 Å². The molecule has 0 aromatic heterocycles. The number of piperidine rings is 3. The van der Waals surface area contributed by atoms with Gasteiger partial charge in [-0.25, -0.2) is 8.42 Å². The molecular formula is C30H43N3O5S. The largest absolute Gasteiger partial charge is 0.497 e. The lowest BCUT2D eigenvalue weighted by molar-refractivity contribution is -0.155. The van der Waals surface area contributed by atoms with Gasteiger partial charge in [-0.1, -0.05) is 19.4 Å². The number of likely N-dealkylation sites (tertiary alicyclic amines) is 1. The molecule has 39 heavy (non-hydrogen) atoms. The fourth-order valence-electron chi connectivity index (χ4n) is 8.62. The van der Waals surface area contributed by atoms with E-state index in [1.807, 2.05) is 24.2 Å². The van der Waals surface area contributed by atoms with E-state index < -0.39 is 20.7 Å². The molecule has 5 atom stereocenters. The number of carbonyl (C=O) groups is 2. The number of benzene rings is 1. The number of imide groups is 1. The number of nitrogens with zero attached hydrogens (tertiary/aromatic N) is 3. The zero-order valence-electron chi connectivity index (χ0n) is 23.6. The highest BCUT2D eigenvalue weighted by atomic mass is 32.2. The van der Waals surface area contributed by atoms with Gasteiger partial charge in [0.05, 0.1) is 12.4 Å². The molecule has 2 unspecified atom stereocenters. The third-order valence-electron chi connectivity index (χ3n) is 10.7. The van der Waals surface area contributed by atoms with Crippen LogP contribution in [0.5, 0.6) is 5.75 Å². The van der Waals surface area contributed by atoms with E-state index in [2.05, 4.69) is 17.0 Å². The smallest absolute Gasteiger partial charge is 0.230 e. The van der Waals surface area contributed by atoms with Gasteiger partial charge in [-0.15, -0.1) is 0 Å².